The lowest BCUT2D eigenvalue weighted by Gasteiger charge is -2.16. The standard InChI is InChI=1S/C17H24ClN7O2/c1-4-9-22-15(26)12(11-7-5-10(2)6-8-11)13(18)14(19)16(27)23-17(24-20)25(3)21/h5-8,19H,4,9,20-21H2,1-3H3,(H,22,26)(H,23,24,27)/b13-12+,19-14?. The number of guanidine groups is 1. The molecule has 7 N–H and O–H groups in total. The van der Waals surface area contributed by atoms with Gasteiger partial charge in [0.1, 0.15) is 5.71 Å². The number of hydrogen-bond acceptors (Lipinski definition) is 6. The van der Waals surface area contributed by atoms with Crippen LogP contribution >= 0.6 is 11.6 Å². The maximum absolute atomic E-state index is 12.6. The van der Waals surface area contributed by atoms with Gasteiger partial charge in [-0.1, -0.05) is 48.4 Å². The van der Waals surface area contributed by atoms with Crippen molar-refractivity contribution in [2.24, 2.45) is 16.8 Å². The first-order chi connectivity index (χ1) is 12.7. The molecule has 0 aliphatic carbocycles. The molecule has 0 fully saturated rings. The first kappa shape index (κ1) is 22.1. The van der Waals surface area contributed by atoms with Crippen molar-refractivity contribution >= 4 is 40.7 Å². The molecular weight excluding hydrogens is 370 g/mol. The number of carbonyl (C=O) groups is 2. The average molecular weight is 394 g/mol. The molecule has 27 heavy (non-hydrogen) atoms. The predicted octanol–water partition coefficient (Wildman–Crippen LogP) is 0.642. The summed E-state index contributed by atoms with van der Waals surface area (Å²) in [5.41, 5.74) is 0.880. The summed E-state index contributed by atoms with van der Waals surface area (Å²) in [5, 5.41) is 17.0. The van der Waals surface area contributed by atoms with Gasteiger partial charge in [0.2, 0.25) is 5.96 Å². The van der Waals surface area contributed by atoms with E-state index in [-0.39, 0.29) is 16.6 Å². The van der Waals surface area contributed by atoms with E-state index >= 15 is 0 Å². The number of carbonyl (C=O) groups excluding carboxylic acids is 2. The fraction of sp³-hybridized carbons (Fsp3) is 0.294. The van der Waals surface area contributed by atoms with Crippen molar-refractivity contribution in [2.45, 2.75) is 20.3 Å². The minimum atomic E-state index is -0.908. The lowest BCUT2D eigenvalue weighted by molar-refractivity contribution is -0.115. The normalized spacial score (nSPS) is 12.1. The minimum absolute atomic E-state index is 0.0256. The third kappa shape index (κ3) is 6.08. The van der Waals surface area contributed by atoms with Crippen LogP contribution in [0.4, 0.5) is 0 Å². The zero-order chi connectivity index (χ0) is 20.6. The van der Waals surface area contributed by atoms with Gasteiger partial charge in [0.25, 0.3) is 11.8 Å². The molecule has 1 aromatic rings. The van der Waals surface area contributed by atoms with Gasteiger partial charge >= 0.3 is 0 Å². The van der Waals surface area contributed by atoms with Crippen LogP contribution in [0.5, 0.6) is 0 Å². The number of benzene rings is 1. The summed E-state index contributed by atoms with van der Waals surface area (Å²) in [6, 6.07) is 7.01. The number of rotatable bonds is 6. The molecule has 10 heteroatoms. The quantitative estimate of drug-likeness (QED) is 0.158. The molecule has 146 valence electrons. The molecular formula is C17H24ClN7O2. The van der Waals surface area contributed by atoms with Crippen LogP contribution in [0.25, 0.3) is 5.57 Å². The van der Waals surface area contributed by atoms with Gasteiger partial charge in [-0.2, -0.15) is 0 Å². The van der Waals surface area contributed by atoms with Crippen LogP contribution in [-0.4, -0.2) is 42.1 Å². The first-order valence-corrected chi connectivity index (χ1v) is 8.52. The number of hydrazine groups is 1. The summed E-state index contributed by atoms with van der Waals surface area (Å²) < 4.78 is 0. The van der Waals surface area contributed by atoms with Gasteiger partial charge in [-0.15, -0.1) is 5.10 Å². The van der Waals surface area contributed by atoms with Crippen molar-refractivity contribution in [3.8, 4) is 0 Å². The third-order valence-electron chi connectivity index (χ3n) is 3.45. The van der Waals surface area contributed by atoms with Crippen molar-refractivity contribution in [1.29, 1.82) is 5.41 Å². The van der Waals surface area contributed by atoms with Gasteiger partial charge in [0.15, 0.2) is 0 Å². The van der Waals surface area contributed by atoms with E-state index in [1.165, 1.54) is 7.05 Å². The van der Waals surface area contributed by atoms with Gasteiger partial charge in [-0.05, 0) is 18.9 Å². The Bertz CT molecular complexity index is 770. The Labute approximate surface area is 162 Å². The summed E-state index contributed by atoms with van der Waals surface area (Å²) in [6.07, 6.45) is 0.724. The summed E-state index contributed by atoms with van der Waals surface area (Å²) in [7, 11) is 1.41. The highest BCUT2D eigenvalue weighted by Gasteiger charge is 2.24. The maximum Gasteiger partial charge on any atom is 0.277 e. The largest absolute Gasteiger partial charge is 0.352 e. The Kier molecular flexibility index (Phi) is 8.43. The highest BCUT2D eigenvalue weighted by Crippen LogP contribution is 2.23. The SMILES string of the molecule is CCCNC(=O)/C(=C(/Cl)C(=N)C(=O)N/C(=N/N)N(C)N)c1ccc(C)cc1. The summed E-state index contributed by atoms with van der Waals surface area (Å²) in [5.74, 6) is 9.05. The van der Waals surface area contributed by atoms with E-state index in [2.05, 4.69) is 15.7 Å². The number of nitrogens with zero attached hydrogens (tertiary/aromatic N) is 2. The van der Waals surface area contributed by atoms with Gasteiger partial charge in [-0.25, -0.2) is 5.84 Å². The van der Waals surface area contributed by atoms with E-state index < -0.39 is 17.5 Å². The molecule has 0 aliphatic rings. The van der Waals surface area contributed by atoms with Crippen molar-refractivity contribution in [2.75, 3.05) is 13.6 Å². The van der Waals surface area contributed by atoms with Crippen molar-refractivity contribution in [1.82, 2.24) is 15.6 Å². The fourth-order valence-corrected chi connectivity index (χ4v) is 2.29. The Morgan fingerprint density at radius 2 is 1.85 bits per heavy atom. The van der Waals surface area contributed by atoms with Gasteiger partial charge in [0.05, 0.1) is 10.6 Å². The highest BCUT2D eigenvalue weighted by molar-refractivity contribution is 6.63. The van der Waals surface area contributed by atoms with Crippen molar-refractivity contribution in [3.05, 3.63) is 40.4 Å². The number of hydrogen-bond donors (Lipinski definition) is 5. The van der Waals surface area contributed by atoms with Crippen LogP contribution in [-0.2, 0) is 9.59 Å². The number of aryl methyl sites for hydroxylation is 1. The molecule has 0 atom stereocenters. The molecule has 1 aromatic carbocycles. The van der Waals surface area contributed by atoms with E-state index in [0.717, 1.165) is 17.0 Å². The van der Waals surface area contributed by atoms with E-state index in [1.54, 1.807) is 24.3 Å². The Morgan fingerprint density at radius 3 is 2.33 bits per heavy atom. The summed E-state index contributed by atoms with van der Waals surface area (Å²) in [6.45, 7) is 4.24. The molecule has 0 saturated heterocycles. The van der Waals surface area contributed by atoms with Crippen LogP contribution in [0, 0.1) is 12.3 Å². The summed E-state index contributed by atoms with van der Waals surface area (Å²) >= 11 is 6.26. The van der Waals surface area contributed by atoms with E-state index in [1.807, 2.05) is 13.8 Å². The smallest absolute Gasteiger partial charge is 0.277 e. The predicted molar refractivity (Wildman–Crippen MR) is 107 cm³/mol. The number of nitrogens with one attached hydrogen (secondary N) is 3. The topological polar surface area (TPSA) is 150 Å². The Hall–Kier alpha value is -2.91. The van der Waals surface area contributed by atoms with Gasteiger partial charge < -0.3 is 11.2 Å². The van der Waals surface area contributed by atoms with E-state index in [4.69, 9.17) is 28.7 Å². The van der Waals surface area contributed by atoms with Crippen LogP contribution in [0.1, 0.15) is 24.5 Å². The van der Waals surface area contributed by atoms with Crippen molar-refractivity contribution in [3.63, 3.8) is 0 Å². The number of hydrazone groups is 1. The van der Waals surface area contributed by atoms with Crippen molar-refractivity contribution < 1.29 is 9.59 Å². The molecule has 1 rings (SSSR count). The van der Waals surface area contributed by atoms with Crippen LogP contribution < -0.4 is 22.3 Å². The Balaban J connectivity index is 3.28. The zero-order valence-corrected chi connectivity index (χ0v) is 16.2. The second kappa shape index (κ2) is 10.3. The average Bonchev–Trinajstić information content (AvgIpc) is 2.64. The second-order valence-electron chi connectivity index (χ2n) is 5.70. The third-order valence-corrected chi connectivity index (χ3v) is 3.83. The molecule has 0 bridgehead atoms. The Morgan fingerprint density at radius 1 is 1.26 bits per heavy atom. The van der Waals surface area contributed by atoms with Crippen LogP contribution in [0.15, 0.2) is 34.4 Å². The molecule has 0 heterocycles. The highest BCUT2D eigenvalue weighted by atomic mass is 35.5. The van der Waals surface area contributed by atoms with E-state index in [0.29, 0.717) is 12.1 Å². The maximum atomic E-state index is 12.6. The number of nitrogens with two attached hydrogens (primary N) is 2. The lowest BCUT2D eigenvalue weighted by Crippen LogP contribution is -2.48. The molecule has 0 saturated carbocycles. The first-order valence-electron chi connectivity index (χ1n) is 8.14. The second-order valence-corrected chi connectivity index (χ2v) is 6.08. The number of amides is 2. The molecule has 0 spiro atoms. The van der Waals surface area contributed by atoms with Crippen LogP contribution in [0.3, 0.4) is 0 Å². The number of halogens is 1. The zero-order valence-electron chi connectivity index (χ0n) is 15.5. The molecule has 0 radical (unpaired) electrons. The van der Waals surface area contributed by atoms with Gasteiger partial charge in [-0.3, -0.25) is 25.3 Å². The fourth-order valence-electron chi connectivity index (χ4n) is 2.00. The lowest BCUT2D eigenvalue weighted by atomic mass is 10.0. The molecule has 9 nitrogen and oxygen atoms in total. The molecule has 0 unspecified atom stereocenters. The molecule has 0 aromatic heterocycles. The summed E-state index contributed by atoms with van der Waals surface area (Å²) in [4.78, 5) is 24.9. The van der Waals surface area contributed by atoms with Crippen LogP contribution in [0.2, 0.25) is 0 Å². The van der Waals surface area contributed by atoms with E-state index in [9.17, 15) is 9.59 Å². The molecule has 0 aliphatic heterocycles. The molecule has 2 amide bonds. The minimum Gasteiger partial charge on any atom is -0.352 e. The monoisotopic (exact) mass is 393 g/mol. The van der Waals surface area contributed by atoms with Gasteiger partial charge in [0, 0.05) is 13.6 Å².